The van der Waals surface area contributed by atoms with Crippen LogP contribution >= 0.6 is 24.0 Å². The van der Waals surface area contributed by atoms with Crippen LogP contribution in [0.5, 0.6) is 0 Å². The average molecular weight is 456 g/mol. The van der Waals surface area contributed by atoms with Crippen LogP contribution in [0.3, 0.4) is 0 Å². The third kappa shape index (κ3) is 6.86. The van der Waals surface area contributed by atoms with Crippen LogP contribution in [0.15, 0.2) is 4.99 Å². The van der Waals surface area contributed by atoms with Crippen molar-refractivity contribution in [3.63, 3.8) is 0 Å². The first kappa shape index (κ1) is 21.2. The smallest absolute Gasteiger partial charge is 0.191 e. The molecule has 0 spiro atoms. The van der Waals surface area contributed by atoms with Crippen LogP contribution in [0, 0.1) is 5.92 Å². The Bertz CT molecular complexity index is 408. The van der Waals surface area contributed by atoms with Crippen LogP contribution < -0.4 is 10.6 Å². The molecule has 1 aliphatic heterocycles. The molecule has 4 unspecified atom stereocenters. The summed E-state index contributed by atoms with van der Waals surface area (Å²) in [6.45, 7) is 5.38. The van der Waals surface area contributed by atoms with Crippen LogP contribution in [0.25, 0.3) is 0 Å². The Labute approximate surface area is 160 Å². The third-order valence-electron chi connectivity index (χ3n) is 4.89. The molecule has 0 bridgehead atoms. The fourth-order valence-corrected chi connectivity index (χ4v) is 4.92. The van der Waals surface area contributed by atoms with E-state index in [2.05, 4.69) is 27.6 Å². The van der Waals surface area contributed by atoms with E-state index in [1.807, 2.05) is 14.0 Å². The molecular formula is C16H33IN4OS. The van der Waals surface area contributed by atoms with Crippen LogP contribution in [-0.2, 0) is 10.8 Å². The number of rotatable bonds is 5. The normalized spacial score (nSPS) is 30.6. The van der Waals surface area contributed by atoms with E-state index >= 15 is 0 Å². The summed E-state index contributed by atoms with van der Waals surface area (Å²) in [4.78, 5) is 6.74. The highest BCUT2D eigenvalue weighted by Gasteiger charge is 2.26. The first-order chi connectivity index (χ1) is 10.6. The Morgan fingerprint density at radius 3 is 2.74 bits per heavy atom. The van der Waals surface area contributed by atoms with Crippen LogP contribution in [-0.4, -0.2) is 65.8 Å². The number of nitrogens with zero attached hydrogens (tertiary/aromatic N) is 2. The molecule has 0 aromatic heterocycles. The summed E-state index contributed by atoms with van der Waals surface area (Å²) in [7, 11) is 3.35. The summed E-state index contributed by atoms with van der Waals surface area (Å²) in [5.41, 5.74) is 0. The molecule has 2 aliphatic rings. The summed E-state index contributed by atoms with van der Waals surface area (Å²) in [5.74, 6) is 2.40. The first-order valence-corrected chi connectivity index (χ1v) is 10.0. The van der Waals surface area contributed by atoms with Crippen molar-refractivity contribution in [2.45, 2.75) is 50.3 Å². The molecule has 1 heterocycles. The zero-order valence-electron chi connectivity index (χ0n) is 14.7. The Kier molecular flexibility index (Phi) is 10.00. The molecule has 0 radical (unpaired) electrons. The molecule has 7 heteroatoms. The second-order valence-corrected chi connectivity index (χ2v) is 8.67. The van der Waals surface area contributed by atoms with Crippen molar-refractivity contribution in [2.75, 3.05) is 39.5 Å². The minimum atomic E-state index is -0.666. The minimum Gasteiger partial charge on any atom is -0.356 e. The van der Waals surface area contributed by atoms with Crippen LogP contribution in [0.1, 0.15) is 39.0 Å². The lowest BCUT2D eigenvalue weighted by Crippen LogP contribution is -2.47. The molecule has 1 aliphatic carbocycles. The van der Waals surface area contributed by atoms with Gasteiger partial charge in [0.25, 0.3) is 0 Å². The Morgan fingerprint density at radius 1 is 1.35 bits per heavy atom. The van der Waals surface area contributed by atoms with Crippen molar-refractivity contribution in [3.05, 3.63) is 0 Å². The standard InChI is InChI=1S/C16H32N4OS.HI/c1-4-22(21)15-7-5-6-14(10-15)19-16(17-2)18-11-13-8-9-20(3)12-13;/h13-15H,4-12H2,1-3H3,(H2,17,18,19);1H. The zero-order valence-corrected chi connectivity index (χ0v) is 17.9. The fourth-order valence-electron chi connectivity index (χ4n) is 3.57. The van der Waals surface area contributed by atoms with Gasteiger partial charge in [-0.3, -0.25) is 9.20 Å². The summed E-state index contributed by atoms with van der Waals surface area (Å²) >= 11 is 0. The second-order valence-electron chi connectivity index (χ2n) is 6.67. The molecule has 2 rings (SSSR count). The number of nitrogens with one attached hydrogen (secondary N) is 2. The van der Waals surface area contributed by atoms with Crippen molar-refractivity contribution in [2.24, 2.45) is 10.9 Å². The predicted octanol–water partition coefficient (Wildman–Crippen LogP) is 1.80. The van der Waals surface area contributed by atoms with Crippen molar-refractivity contribution in [1.29, 1.82) is 0 Å². The maximum atomic E-state index is 12.0. The average Bonchev–Trinajstić information content (AvgIpc) is 2.96. The van der Waals surface area contributed by atoms with Gasteiger partial charge in [-0.25, -0.2) is 0 Å². The van der Waals surface area contributed by atoms with Gasteiger partial charge in [0.2, 0.25) is 0 Å². The highest BCUT2D eigenvalue weighted by atomic mass is 127. The molecule has 23 heavy (non-hydrogen) atoms. The molecule has 4 atom stereocenters. The van der Waals surface area contributed by atoms with Gasteiger partial charge in [-0.2, -0.15) is 0 Å². The van der Waals surface area contributed by atoms with Crippen LogP contribution in [0.4, 0.5) is 0 Å². The molecule has 2 N–H and O–H groups in total. The van der Waals surface area contributed by atoms with E-state index in [4.69, 9.17) is 0 Å². The van der Waals surface area contributed by atoms with Gasteiger partial charge in [0.15, 0.2) is 5.96 Å². The van der Waals surface area contributed by atoms with Gasteiger partial charge in [0.1, 0.15) is 0 Å². The topological polar surface area (TPSA) is 56.7 Å². The number of hydrogen-bond donors (Lipinski definition) is 2. The van der Waals surface area contributed by atoms with E-state index in [0.717, 1.165) is 43.4 Å². The Hall–Kier alpha value is 0.110. The van der Waals surface area contributed by atoms with Crippen molar-refractivity contribution in [1.82, 2.24) is 15.5 Å². The maximum absolute atomic E-state index is 12.0. The molecule has 1 saturated heterocycles. The number of likely N-dealkylation sites (tertiary alicyclic amines) is 1. The fraction of sp³-hybridized carbons (Fsp3) is 0.938. The summed E-state index contributed by atoms with van der Waals surface area (Å²) in [6.07, 6.45) is 5.70. The predicted molar refractivity (Wildman–Crippen MR) is 110 cm³/mol. The monoisotopic (exact) mass is 456 g/mol. The molecule has 0 amide bonds. The van der Waals surface area contributed by atoms with Crippen molar-refractivity contribution < 1.29 is 4.21 Å². The molecule has 5 nitrogen and oxygen atoms in total. The lowest BCUT2D eigenvalue weighted by atomic mass is 9.95. The number of guanidine groups is 1. The lowest BCUT2D eigenvalue weighted by Gasteiger charge is -2.30. The van der Waals surface area contributed by atoms with Gasteiger partial charge in [-0.15, -0.1) is 24.0 Å². The Morgan fingerprint density at radius 2 is 2.13 bits per heavy atom. The van der Waals surface area contributed by atoms with Gasteiger partial charge < -0.3 is 15.5 Å². The highest BCUT2D eigenvalue weighted by Crippen LogP contribution is 2.23. The van der Waals surface area contributed by atoms with Crippen molar-refractivity contribution >= 4 is 40.7 Å². The van der Waals surface area contributed by atoms with E-state index in [1.165, 1.54) is 25.9 Å². The Balaban J connectivity index is 0.00000264. The van der Waals surface area contributed by atoms with E-state index in [9.17, 15) is 4.21 Å². The van der Waals surface area contributed by atoms with Crippen molar-refractivity contribution in [3.8, 4) is 0 Å². The maximum Gasteiger partial charge on any atom is 0.191 e. The first-order valence-electron chi connectivity index (χ1n) is 8.65. The zero-order chi connectivity index (χ0) is 15.9. The summed E-state index contributed by atoms with van der Waals surface area (Å²) in [5, 5.41) is 7.37. The molecular weight excluding hydrogens is 423 g/mol. The van der Waals surface area contributed by atoms with Gasteiger partial charge in [-0.05, 0) is 45.2 Å². The van der Waals surface area contributed by atoms with Gasteiger partial charge in [0, 0.05) is 48.0 Å². The van der Waals surface area contributed by atoms with E-state index in [0.29, 0.717) is 11.3 Å². The molecule has 2 fully saturated rings. The van der Waals surface area contributed by atoms with Gasteiger partial charge >= 0.3 is 0 Å². The quantitative estimate of drug-likeness (QED) is 0.377. The molecule has 136 valence electrons. The SMILES string of the molecule is CCS(=O)C1CCCC(NC(=NC)NCC2CCN(C)C2)C1.I. The van der Waals surface area contributed by atoms with Gasteiger partial charge in [-0.1, -0.05) is 13.3 Å². The summed E-state index contributed by atoms with van der Waals surface area (Å²) < 4.78 is 12.0. The lowest BCUT2D eigenvalue weighted by molar-refractivity contribution is 0.391. The second kappa shape index (κ2) is 10.9. The van der Waals surface area contributed by atoms with Gasteiger partial charge in [0.05, 0.1) is 0 Å². The summed E-state index contributed by atoms with van der Waals surface area (Å²) in [6, 6.07) is 0.409. The van der Waals surface area contributed by atoms with E-state index < -0.39 is 10.8 Å². The van der Waals surface area contributed by atoms with Crippen LogP contribution in [0.2, 0.25) is 0 Å². The minimum absolute atomic E-state index is 0. The van der Waals surface area contributed by atoms with E-state index in [-0.39, 0.29) is 24.0 Å². The number of aliphatic imine (C=N–C) groups is 1. The molecule has 0 aromatic carbocycles. The number of hydrogen-bond acceptors (Lipinski definition) is 3. The van der Waals surface area contributed by atoms with E-state index in [1.54, 1.807) is 0 Å². The largest absolute Gasteiger partial charge is 0.356 e. The number of halogens is 1. The molecule has 1 saturated carbocycles. The highest BCUT2D eigenvalue weighted by molar-refractivity contribution is 14.0. The molecule has 0 aromatic rings. The third-order valence-corrected chi connectivity index (χ3v) is 6.63.